The summed E-state index contributed by atoms with van der Waals surface area (Å²) in [7, 11) is 2.01. The van der Waals surface area contributed by atoms with Crippen molar-refractivity contribution < 1.29 is 9.59 Å². The van der Waals surface area contributed by atoms with Gasteiger partial charge in [0.05, 0.1) is 17.4 Å². The number of piperidine rings is 1. The summed E-state index contributed by atoms with van der Waals surface area (Å²) in [5.41, 5.74) is 1.57. The van der Waals surface area contributed by atoms with Gasteiger partial charge in [0.25, 0.3) is 0 Å². The monoisotopic (exact) mass is 355 g/mol. The number of para-hydroxylation sites is 2. The van der Waals surface area contributed by atoms with Gasteiger partial charge in [0.1, 0.15) is 5.54 Å². The molecule has 1 N–H and O–H groups in total. The first kappa shape index (κ1) is 17.0. The average Bonchev–Trinajstić information content (AvgIpc) is 3.08. The molecule has 0 radical (unpaired) electrons. The molecule has 1 aromatic heterocycles. The quantitative estimate of drug-likeness (QED) is 0.886. The average molecular weight is 355 g/mol. The summed E-state index contributed by atoms with van der Waals surface area (Å²) < 4.78 is 2.03. The number of aromatic nitrogens is 2. The zero-order valence-electron chi connectivity index (χ0n) is 15.1. The third kappa shape index (κ3) is 2.86. The lowest BCUT2D eigenvalue weighted by atomic mass is 9.83. The van der Waals surface area contributed by atoms with Crippen molar-refractivity contribution in [2.45, 2.75) is 31.3 Å². The van der Waals surface area contributed by atoms with Crippen molar-refractivity contribution in [3.63, 3.8) is 0 Å². The molecule has 0 atom stereocenters. The molecule has 1 aromatic carbocycles. The molecule has 2 saturated heterocycles. The lowest BCUT2D eigenvalue weighted by molar-refractivity contribution is -0.145. The van der Waals surface area contributed by atoms with Crippen LogP contribution in [0.2, 0.25) is 0 Å². The van der Waals surface area contributed by atoms with Gasteiger partial charge in [0.15, 0.2) is 0 Å². The maximum atomic E-state index is 12.6. The van der Waals surface area contributed by atoms with E-state index in [-0.39, 0.29) is 11.8 Å². The van der Waals surface area contributed by atoms with Gasteiger partial charge >= 0.3 is 0 Å². The van der Waals surface area contributed by atoms with E-state index >= 15 is 0 Å². The second-order valence-electron chi connectivity index (χ2n) is 7.27. The number of likely N-dealkylation sites (N-methyl/N-ethyl adjacent to an activating group) is 1. The Morgan fingerprint density at radius 3 is 2.77 bits per heavy atom. The lowest BCUT2D eigenvalue weighted by Gasteiger charge is -2.48. The summed E-state index contributed by atoms with van der Waals surface area (Å²) in [6.07, 6.45) is 3.66. The largest absolute Gasteiger partial charge is 0.353 e. The lowest BCUT2D eigenvalue weighted by Crippen LogP contribution is -2.67. The number of hydrogen-bond donors (Lipinski definition) is 1. The third-order valence-corrected chi connectivity index (χ3v) is 5.92. The topological polar surface area (TPSA) is 70.5 Å². The summed E-state index contributed by atoms with van der Waals surface area (Å²) in [5, 5.41) is 2.98. The van der Waals surface area contributed by atoms with Crippen molar-refractivity contribution in [2.24, 2.45) is 0 Å². The summed E-state index contributed by atoms with van der Waals surface area (Å²) in [5.74, 6) is 0.264. The standard InChI is InChI=1S/C19H25N5O2/c1-22-13-9-20-18(26)19(22)7-11-23(12-8-19)17(25)6-10-24-14-21-15-4-2-3-5-16(15)24/h2-5,14H,6-13H2,1H3,(H,20,26). The second-order valence-corrected chi connectivity index (χ2v) is 7.27. The Kier molecular flexibility index (Phi) is 4.40. The molecule has 2 aromatic rings. The maximum absolute atomic E-state index is 12.6. The zero-order valence-corrected chi connectivity index (χ0v) is 15.1. The van der Waals surface area contributed by atoms with Crippen molar-refractivity contribution >= 4 is 22.8 Å². The van der Waals surface area contributed by atoms with Crippen LogP contribution in [0.1, 0.15) is 19.3 Å². The molecular formula is C19H25N5O2. The smallest absolute Gasteiger partial charge is 0.240 e. The Bertz CT molecular complexity index is 822. The minimum Gasteiger partial charge on any atom is -0.353 e. The fourth-order valence-electron chi connectivity index (χ4n) is 4.19. The molecule has 2 aliphatic rings. The number of nitrogens with one attached hydrogen (secondary N) is 1. The van der Waals surface area contributed by atoms with Crippen molar-refractivity contribution in [2.75, 3.05) is 33.2 Å². The summed E-state index contributed by atoms with van der Waals surface area (Å²) in [4.78, 5) is 33.5. The highest BCUT2D eigenvalue weighted by Gasteiger charge is 2.46. The normalized spacial score (nSPS) is 20.5. The summed E-state index contributed by atoms with van der Waals surface area (Å²) in [6, 6.07) is 7.95. The molecule has 2 amide bonds. The highest BCUT2D eigenvalue weighted by Crippen LogP contribution is 2.30. The number of likely N-dealkylation sites (tertiary alicyclic amines) is 1. The van der Waals surface area contributed by atoms with Gasteiger partial charge in [-0.3, -0.25) is 14.5 Å². The molecule has 0 unspecified atom stereocenters. The first-order valence-corrected chi connectivity index (χ1v) is 9.27. The van der Waals surface area contributed by atoms with E-state index in [0.717, 1.165) is 17.6 Å². The van der Waals surface area contributed by atoms with Gasteiger partial charge in [-0.25, -0.2) is 4.98 Å². The molecule has 0 aliphatic carbocycles. The summed E-state index contributed by atoms with van der Waals surface area (Å²) in [6.45, 7) is 3.48. The van der Waals surface area contributed by atoms with Crippen molar-refractivity contribution in [3.8, 4) is 0 Å². The highest BCUT2D eigenvalue weighted by atomic mass is 16.2. The molecule has 26 heavy (non-hydrogen) atoms. The van der Waals surface area contributed by atoms with Crippen LogP contribution in [0.4, 0.5) is 0 Å². The number of carbonyl (C=O) groups excluding carboxylic acids is 2. The number of rotatable bonds is 3. The molecule has 3 heterocycles. The second kappa shape index (κ2) is 6.72. The molecule has 2 aliphatic heterocycles. The molecule has 0 saturated carbocycles. The number of amides is 2. The molecule has 1 spiro atoms. The van der Waals surface area contributed by atoms with Crippen LogP contribution in [0.3, 0.4) is 0 Å². The van der Waals surface area contributed by atoms with Crippen LogP contribution in [0.15, 0.2) is 30.6 Å². The first-order chi connectivity index (χ1) is 12.6. The Morgan fingerprint density at radius 2 is 2.00 bits per heavy atom. The fraction of sp³-hybridized carbons (Fsp3) is 0.526. The van der Waals surface area contributed by atoms with Gasteiger partial charge in [-0.05, 0) is 32.0 Å². The van der Waals surface area contributed by atoms with Gasteiger partial charge in [0, 0.05) is 39.1 Å². The van der Waals surface area contributed by atoms with Crippen LogP contribution in [0.25, 0.3) is 11.0 Å². The molecular weight excluding hydrogens is 330 g/mol. The number of aryl methyl sites for hydroxylation is 1. The Hall–Kier alpha value is -2.41. The van der Waals surface area contributed by atoms with Crippen molar-refractivity contribution in [1.29, 1.82) is 0 Å². The number of benzene rings is 1. The van der Waals surface area contributed by atoms with E-state index in [4.69, 9.17) is 0 Å². The van der Waals surface area contributed by atoms with E-state index in [0.29, 0.717) is 45.4 Å². The SMILES string of the molecule is CN1CCNC(=O)C12CCN(C(=O)CCn1cnc3ccccc31)CC2. The van der Waals surface area contributed by atoms with Crippen LogP contribution >= 0.6 is 0 Å². The number of fused-ring (bicyclic) bond motifs is 1. The number of hydrogen-bond acceptors (Lipinski definition) is 4. The van der Waals surface area contributed by atoms with Gasteiger partial charge < -0.3 is 14.8 Å². The zero-order chi connectivity index (χ0) is 18.1. The van der Waals surface area contributed by atoms with Gasteiger partial charge in [-0.15, -0.1) is 0 Å². The fourth-order valence-corrected chi connectivity index (χ4v) is 4.19. The predicted octanol–water partition coefficient (Wildman–Crippen LogP) is 0.849. The molecule has 2 fully saturated rings. The Labute approximate surface area is 153 Å². The Balaban J connectivity index is 1.36. The van der Waals surface area contributed by atoms with E-state index in [9.17, 15) is 9.59 Å². The number of carbonyl (C=O) groups is 2. The minimum absolute atomic E-state index is 0.114. The molecule has 0 bridgehead atoms. The third-order valence-electron chi connectivity index (χ3n) is 5.92. The van der Waals surface area contributed by atoms with E-state index in [1.54, 1.807) is 6.33 Å². The maximum Gasteiger partial charge on any atom is 0.240 e. The van der Waals surface area contributed by atoms with Crippen LogP contribution < -0.4 is 5.32 Å². The molecule has 7 heteroatoms. The van der Waals surface area contributed by atoms with Gasteiger partial charge in [0.2, 0.25) is 11.8 Å². The molecule has 138 valence electrons. The van der Waals surface area contributed by atoms with Gasteiger partial charge in [-0.2, -0.15) is 0 Å². The molecule has 7 nitrogen and oxygen atoms in total. The number of piperazine rings is 1. The van der Waals surface area contributed by atoms with Crippen molar-refractivity contribution in [1.82, 2.24) is 24.7 Å². The molecule has 4 rings (SSSR count). The number of nitrogens with zero attached hydrogens (tertiary/aromatic N) is 4. The Morgan fingerprint density at radius 1 is 1.23 bits per heavy atom. The van der Waals surface area contributed by atoms with Gasteiger partial charge in [-0.1, -0.05) is 12.1 Å². The summed E-state index contributed by atoms with van der Waals surface area (Å²) >= 11 is 0. The minimum atomic E-state index is -0.435. The predicted molar refractivity (Wildman–Crippen MR) is 98.5 cm³/mol. The van der Waals surface area contributed by atoms with Crippen LogP contribution in [-0.4, -0.2) is 69.9 Å². The highest BCUT2D eigenvalue weighted by molar-refractivity contribution is 5.87. The van der Waals surface area contributed by atoms with E-state index < -0.39 is 5.54 Å². The first-order valence-electron chi connectivity index (χ1n) is 9.27. The van der Waals surface area contributed by atoms with Crippen molar-refractivity contribution in [3.05, 3.63) is 30.6 Å². The van der Waals surface area contributed by atoms with E-state index in [2.05, 4.69) is 15.2 Å². The number of imidazole rings is 1. The van der Waals surface area contributed by atoms with Crippen LogP contribution in [-0.2, 0) is 16.1 Å². The van der Waals surface area contributed by atoms with E-state index in [1.165, 1.54) is 0 Å². The van der Waals surface area contributed by atoms with Crippen LogP contribution in [0.5, 0.6) is 0 Å². The van der Waals surface area contributed by atoms with E-state index in [1.807, 2.05) is 40.8 Å². The van der Waals surface area contributed by atoms with Crippen LogP contribution in [0, 0.1) is 0 Å².